The van der Waals surface area contributed by atoms with Crippen LogP contribution in [-0.2, 0) is 4.79 Å². The number of furan rings is 1. The molecule has 198 valence electrons. The Morgan fingerprint density at radius 2 is 1.82 bits per heavy atom. The summed E-state index contributed by atoms with van der Waals surface area (Å²) in [7, 11) is 0. The summed E-state index contributed by atoms with van der Waals surface area (Å²) >= 11 is 4.68. The van der Waals surface area contributed by atoms with Gasteiger partial charge in [0.1, 0.15) is 17.3 Å². The maximum Gasteiger partial charge on any atom is 0.271 e. The molecule has 0 bridgehead atoms. The maximum absolute atomic E-state index is 13.8. The minimum atomic E-state index is -0.795. The van der Waals surface area contributed by atoms with E-state index in [1.165, 1.54) is 28.0 Å². The van der Waals surface area contributed by atoms with E-state index < -0.39 is 11.9 Å². The fourth-order valence-corrected chi connectivity index (χ4v) is 6.07. The molecule has 6 nitrogen and oxygen atoms in total. The third-order valence-corrected chi connectivity index (χ3v) is 7.97. The summed E-state index contributed by atoms with van der Waals surface area (Å²) in [5.41, 5.74) is 2.57. The molecule has 1 N–H and O–H groups in total. The first kappa shape index (κ1) is 25.9. The summed E-state index contributed by atoms with van der Waals surface area (Å²) in [5.74, 6) is 0.378. The Morgan fingerprint density at radius 3 is 2.58 bits per heavy atom. The Balaban J connectivity index is 1.45. The molecule has 2 aromatic heterocycles. The first-order valence-corrected chi connectivity index (χ1v) is 14.0. The maximum atomic E-state index is 13.8. The predicted octanol–water partition coefficient (Wildman–Crippen LogP) is 6.04. The Morgan fingerprint density at radius 1 is 1.05 bits per heavy atom. The van der Waals surface area contributed by atoms with Crippen LogP contribution in [0.15, 0.2) is 121 Å². The Bertz CT molecular complexity index is 1960. The monoisotopic (exact) mass is 613 g/mol. The molecule has 3 heterocycles. The quantitative estimate of drug-likeness (QED) is 0.263. The number of aromatic nitrogens is 1. The molecule has 1 amide bonds. The number of allylic oxidation sites excluding steroid dienone is 1. The molecule has 0 fully saturated rings. The van der Waals surface area contributed by atoms with Gasteiger partial charge >= 0.3 is 0 Å². The van der Waals surface area contributed by atoms with Crippen LogP contribution < -0.4 is 20.2 Å². The molecule has 5 aromatic rings. The number of nitrogens with one attached hydrogen (secondary N) is 1. The van der Waals surface area contributed by atoms with Gasteiger partial charge in [-0.25, -0.2) is 9.38 Å². The Labute approximate surface area is 240 Å². The lowest BCUT2D eigenvalue weighted by molar-refractivity contribution is -0.113. The van der Waals surface area contributed by atoms with Crippen LogP contribution in [-0.4, -0.2) is 10.5 Å². The highest BCUT2D eigenvalue weighted by atomic mass is 79.9. The van der Waals surface area contributed by atoms with Gasteiger partial charge in [-0.05, 0) is 61.0 Å². The van der Waals surface area contributed by atoms with Crippen molar-refractivity contribution in [3.8, 4) is 11.3 Å². The van der Waals surface area contributed by atoms with Gasteiger partial charge in [-0.1, -0.05) is 69.7 Å². The lowest BCUT2D eigenvalue weighted by atomic mass is 9.95. The van der Waals surface area contributed by atoms with E-state index in [-0.39, 0.29) is 11.5 Å². The van der Waals surface area contributed by atoms with Crippen LogP contribution in [0.5, 0.6) is 0 Å². The highest BCUT2D eigenvalue weighted by molar-refractivity contribution is 9.10. The van der Waals surface area contributed by atoms with Gasteiger partial charge in [-0.3, -0.25) is 14.2 Å². The number of para-hydroxylation sites is 1. The molecule has 9 heteroatoms. The number of carbonyl (C=O) groups excluding carboxylic acids is 1. The van der Waals surface area contributed by atoms with Gasteiger partial charge in [0.25, 0.3) is 11.5 Å². The number of amides is 1. The zero-order valence-electron chi connectivity index (χ0n) is 21.1. The summed E-state index contributed by atoms with van der Waals surface area (Å²) in [6, 6.07) is 25.5. The van der Waals surface area contributed by atoms with E-state index in [0.717, 1.165) is 10.0 Å². The van der Waals surface area contributed by atoms with Crippen molar-refractivity contribution in [3.63, 3.8) is 0 Å². The second-order valence-electron chi connectivity index (χ2n) is 9.17. The van der Waals surface area contributed by atoms with Gasteiger partial charge in [0.15, 0.2) is 4.80 Å². The first-order valence-electron chi connectivity index (χ1n) is 12.4. The van der Waals surface area contributed by atoms with Gasteiger partial charge in [0.05, 0.1) is 21.8 Å². The molecular formula is C31H21BrFN3O3S. The van der Waals surface area contributed by atoms with Crippen LogP contribution in [0.3, 0.4) is 0 Å². The average molecular weight is 614 g/mol. The summed E-state index contributed by atoms with van der Waals surface area (Å²) in [6.07, 6.45) is 1.68. The summed E-state index contributed by atoms with van der Waals surface area (Å²) in [5, 5.41) is 2.90. The summed E-state index contributed by atoms with van der Waals surface area (Å²) in [6.45, 7) is 1.74. The zero-order chi connectivity index (χ0) is 27.8. The number of hydrogen-bond acceptors (Lipinski definition) is 5. The zero-order valence-corrected chi connectivity index (χ0v) is 23.5. The van der Waals surface area contributed by atoms with Crippen molar-refractivity contribution in [2.45, 2.75) is 13.0 Å². The number of rotatable bonds is 5. The van der Waals surface area contributed by atoms with Gasteiger partial charge in [-0.2, -0.15) is 0 Å². The number of thiazole rings is 1. The molecule has 40 heavy (non-hydrogen) atoms. The smallest absolute Gasteiger partial charge is 0.271 e. The number of benzene rings is 3. The van der Waals surface area contributed by atoms with E-state index >= 15 is 0 Å². The van der Waals surface area contributed by atoms with E-state index in [1.807, 2.05) is 48.5 Å². The molecule has 0 spiro atoms. The molecule has 1 aliphatic heterocycles. The van der Waals surface area contributed by atoms with Crippen molar-refractivity contribution in [3.05, 3.63) is 144 Å². The van der Waals surface area contributed by atoms with Crippen LogP contribution in [0.4, 0.5) is 10.1 Å². The van der Waals surface area contributed by atoms with E-state index in [1.54, 1.807) is 43.3 Å². The minimum Gasteiger partial charge on any atom is -0.457 e. The van der Waals surface area contributed by atoms with Crippen LogP contribution in [0, 0.1) is 5.82 Å². The van der Waals surface area contributed by atoms with E-state index in [9.17, 15) is 14.0 Å². The SMILES string of the molecule is CC1=C(C(=O)Nc2ccccc2)[C@@H](c2ccc(F)cc2)n2c(s/c(=C/c3ccc(-c4cccc(Br)c4)o3)c2=O)=N1. The third kappa shape index (κ3) is 5.01. The minimum absolute atomic E-state index is 0.310. The summed E-state index contributed by atoms with van der Waals surface area (Å²) < 4.78 is 22.7. The van der Waals surface area contributed by atoms with Crippen molar-refractivity contribution < 1.29 is 13.6 Å². The van der Waals surface area contributed by atoms with Gasteiger partial charge in [0, 0.05) is 21.8 Å². The number of hydrogen-bond donors (Lipinski definition) is 1. The Kier molecular flexibility index (Phi) is 6.91. The van der Waals surface area contributed by atoms with Crippen molar-refractivity contribution in [1.29, 1.82) is 0 Å². The number of anilines is 1. The second kappa shape index (κ2) is 10.7. The number of fused-ring (bicyclic) bond motifs is 1. The molecule has 0 saturated heterocycles. The fourth-order valence-electron chi connectivity index (χ4n) is 4.65. The van der Waals surface area contributed by atoms with Crippen LogP contribution >= 0.6 is 27.3 Å². The molecule has 0 radical (unpaired) electrons. The molecule has 0 unspecified atom stereocenters. The number of halogens is 2. The molecule has 1 aliphatic rings. The van der Waals surface area contributed by atoms with Crippen LogP contribution in [0.2, 0.25) is 0 Å². The van der Waals surface area contributed by atoms with Crippen LogP contribution in [0.1, 0.15) is 24.3 Å². The largest absolute Gasteiger partial charge is 0.457 e. The highest BCUT2D eigenvalue weighted by Gasteiger charge is 2.32. The number of carbonyl (C=O) groups is 1. The lowest BCUT2D eigenvalue weighted by Crippen LogP contribution is -2.40. The molecule has 0 saturated carbocycles. The summed E-state index contributed by atoms with van der Waals surface area (Å²) in [4.78, 5) is 32.5. The second-order valence-corrected chi connectivity index (χ2v) is 11.1. The van der Waals surface area contributed by atoms with Crippen LogP contribution in [0.25, 0.3) is 17.4 Å². The first-order chi connectivity index (χ1) is 19.4. The van der Waals surface area contributed by atoms with Gasteiger partial charge in [0.2, 0.25) is 0 Å². The van der Waals surface area contributed by atoms with Crippen molar-refractivity contribution in [1.82, 2.24) is 4.57 Å². The van der Waals surface area contributed by atoms with Crippen molar-refractivity contribution >= 4 is 44.9 Å². The standard InChI is InChI=1S/C31H21BrFN3O3S/c1-18-27(29(37)35-23-8-3-2-4-9-23)28(19-10-12-22(33)13-11-19)36-30(38)26(40-31(36)34-18)17-24-14-15-25(39-24)20-6-5-7-21(32)16-20/h2-17,28H,1H3,(H,35,37)/b26-17+/t28-/m1/s1. The van der Waals surface area contributed by atoms with Crippen molar-refractivity contribution in [2.75, 3.05) is 5.32 Å². The highest BCUT2D eigenvalue weighted by Crippen LogP contribution is 2.31. The molecule has 6 rings (SSSR count). The molecule has 3 aromatic carbocycles. The fraction of sp³-hybridized carbons (Fsp3) is 0.0645. The normalized spacial score (nSPS) is 15.1. The number of nitrogens with zero attached hydrogens (tertiary/aromatic N) is 2. The van der Waals surface area contributed by atoms with E-state index in [0.29, 0.717) is 43.4 Å². The molecular weight excluding hydrogens is 593 g/mol. The van der Waals surface area contributed by atoms with Gasteiger partial charge in [-0.15, -0.1) is 0 Å². The predicted molar refractivity (Wildman–Crippen MR) is 157 cm³/mol. The average Bonchev–Trinajstić information content (AvgIpc) is 3.53. The molecule has 1 atom stereocenters. The Hall–Kier alpha value is -4.34. The lowest BCUT2D eigenvalue weighted by Gasteiger charge is -2.25. The topological polar surface area (TPSA) is 76.6 Å². The third-order valence-electron chi connectivity index (χ3n) is 6.49. The van der Waals surface area contributed by atoms with Gasteiger partial charge < -0.3 is 9.73 Å². The van der Waals surface area contributed by atoms with Crippen molar-refractivity contribution in [2.24, 2.45) is 4.99 Å². The van der Waals surface area contributed by atoms with E-state index in [2.05, 4.69) is 26.2 Å². The molecule has 0 aliphatic carbocycles. The van der Waals surface area contributed by atoms with E-state index in [4.69, 9.17) is 4.42 Å².